The van der Waals surface area contributed by atoms with Gasteiger partial charge in [-0.05, 0) is 70.2 Å². The van der Waals surface area contributed by atoms with Crippen LogP contribution in [0.3, 0.4) is 0 Å². The number of aliphatic hydroxyl groups is 1. The summed E-state index contributed by atoms with van der Waals surface area (Å²) in [5.74, 6) is -3.88. The second-order valence-corrected chi connectivity index (χ2v) is 14.2. The predicted octanol–water partition coefficient (Wildman–Crippen LogP) is 5.78. The Morgan fingerprint density at radius 3 is 2.37 bits per heavy atom. The van der Waals surface area contributed by atoms with Gasteiger partial charge in [0.2, 0.25) is 17.7 Å². The number of nitrogens with zero attached hydrogens (tertiary/aromatic N) is 3. The van der Waals surface area contributed by atoms with Crippen LogP contribution in [0.5, 0.6) is 11.6 Å². The summed E-state index contributed by atoms with van der Waals surface area (Å²) in [6.07, 6.45) is 0.491. The normalized spacial score (nSPS) is 21.0. The zero-order valence-electron chi connectivity index (χ0n) is 28.3. The van der Waals surface area contributed by atoms with Crippen molar-refractivity contribution in [1.82, 2.24) is 19.8 Å². The van der Waals surface area contributed by atoms with Crippen molar-refractivity contribution in [3.8, 4) is 11.6 Å². The molecule has 3 atom stereocenters. The van der Waals surface area contributed by atoms with Crippen molar-refractivity contribution in [2.45, 2.75) is 95.4 Å². The first-order chi connectivity index (χ1) is 23.0. The first-order valence-electron chi connectivity index (χ1n) is 16.6. The Morgan fingerprint density at radius 1 is 1.08 bits per heavy atom. The highest BCUT2D eigenvalue weighted by molar-refractivity contribution is 5.80. The van der Waals surface area contributed by atoms with E-state index in [9.17, 15) is 28.3 Å². The number of benzene rings is 2. The smallest absolute Gasteiger partial charge is 0.408 e. The topological polar surface area (TPSA) is 149 Å². The Hall–Kier alpha value is -4.52. The van der Waals surface area contributed by atoms with Gasteiger partial charge in [-0.1, -0.05) is 42.5 Å². The van der Waals surface area contributed by atoms with E-state index < -0.39 is 40.6 Å². The van der Waals surface area contributed by atoms with Gasteiger partial charge >= 0.3 is 6.09 Å². The molecule has 4 N–H and O–H groups in total. The predicted molar refractivity (Wildman–Crippen MR) is 179 cm³/mol. The molecule has 3 aromatic rings. The van der Waals surface area contributed by atoms with Gasteiger partial charge in [0, 0.05) is 37.8 Å². The molecule has 1 saturated heterocycles. The van der Waals surface area contributed by atoms with E-state index in [2.05, 4.69) is 10.3 Å². The number of carbonyl (C=O) groups is 2. The number of ether oxygens (including phenoxy) is 2. The average Bonchev–Trinajstić information content (AvgIpc) is 3.04. The van der Waals surface area contributed by atoms with Crippen molar-refractivity contribution >= 4 is 17.7 Å². The summed E-state index contributed by atoms with van der Waals surface area (Å²) >= 11 is 0. The van der Waals surface area contributed by atoms with Crippen LogP contribution >= 0.6 is 0 Å². The Bertz CT molecular complexity index is 1680. The van der Waals surface area contributed by atoms with Gasteiger partial charge in [0.15, 0.2) is 5.69 Å². The zero-order valence-corrected chi connectivity index (χ0v) is 28.3. The van der Waals surface area contributed by atoms with Crippen LogP contribution in [0.4, 0.5) is 19.3 Å². The number of alkyl carbamates (subject to hydrolysis) is 1. The fourth-order valence-corrected chi connectivity index (χ4v) is 6.52. The molecule has 2 fully saturated rings. The first kappa shape index (κ1) is 35.8. The van der Waals surface area contributed by atoms with E-state index in [0.29, 0.717) is 5.75 Å². The highest BCUT2D eigenvalue weighted by atomic mass is 19.3. The number of piperidine rings is 1. The molecule has 1 aliphatic carbocycles. The summed E-state index contributed by atoms with van der Waals surface area (Å²) in [5.41, 5.74) is 4.90. The van der Waals surface area contributed by atoms with Crippen molar-refractivity contribution < 1.29 is 33.0 Å². The number of hydrogen-bond donors (Lipinski definition) is 3. The van der Waals surface area contributed by atoms with E-state index in [-0.39, 0.29) is 75.3 Å². The summed E-state index contributed by atoms with van der Waals surface area (Å²) in [6.45, 7) is 7.53. The standard InChI is InChI=1S/C36H45F2N5O6/c1-23(41-33(46)49-34(2,3)4)24-10-12-26(13-11-24)48-30-29(39)32(45)43(22-40-30)21-35(47)16-18-42(19-17-35)31(44)27-14-15-36(37,38)20-28(27)25-8-6-5-7-9-25/h5-13,22-23,27-28,47H,14-21,39H2,1-4H3,(H,41,46)/t23?,27-,28+/m1/s1. The largest absolute Gasteiger partial charge is 0.444 e. The lowest BCUT2D eigenvalue weighted by molar-refractivity contribution is -0.145. The van der Waals surface area contributed by atoms with Crippen molar-refractivity contribution in [3.63, 3.8) is 0 Å². The molecule has 1 aliphatic heterocycles. The van der Waals surface area contributed by atoms with Crippen LogP contribution < -0.4 is 21.3 Å². The summed E-state index contributed by atoms with van der Waals surface area (Å²) in [6, 6.07) is 15.5. The molecule has 0 bridgehead atoms. The number of nitrogens with two attached hydrogens (primary N) is 1. The van der Waals surface area contributed by atoms with Crippen LogP contribution in [0.15, 0.2) is 65.7 Å². The lowest BCUT2D eigenvalue weighted by atomic mass is 9.73. The number of hydrogen-bond acceptors (Lipinski definition) is 8. The SMILES string of the molecule is CC(NC(=O)OC(C)(C)C)c1ccc(Oc2ncn(CC3(O)CCN(C(=O)[C@@H]4CCC(F)(F)C[C@H]4c4ccccc4)CC3)c(=O)c2N)cc1. The quantitative estimate of drug-likeness (QED) is 0.271. The maximum atomic E-state index is 14.4. The number of rotatable bonds is 8. The van der Waals surface area contributed by atoms with E-state index in [4.69, 9.17) is 15.2 Å². The van der Waals surface area contributed by atoms with Crippen LogP contribution in [-0.4, -0.2) is 61.8 Å². The zero-order chi connectivity index (χ0) is 35.6. The number of likely N-dealkylation sites (tertiary alicyclic amines) is 1. The molecule has 2 aromatic carbocycles. The molecule has 1 unspecified atom stereocenters. The minimum absolute atomic E-state index is 0.0904. The number of amides is 2. The maximum Gasteiger partial charge on any atom is 0.408 e. The van der Waals surface area contributed by atoms with Gasteiger partial charge in [-0.25, -0.2) is 18.6 Å². The van der Waals surface area contributed by atoms with Crippen LogP contribution in [0.2, 0.25) is 0 Å². The fraction of sp³-hybridized carbons (Fsp3) is 0.500. The van der Waals surface area contributed by atoms with Crippen LogP contribution in [-0.2, 0) is 16.1 Å². The molecule has 2 aliphatic rings. The first-order valence-corrected chi connectivity index (χ1v) is 16.6. The highest BCUT2D eigenvalue weighted by Gasteiger charge is 2.46. The maximum absolute atomic E-state index is 14.4. The number of nitrogen functional groups attached to an aromatic ring is 1. The van der Waals surface area contributed by atoms with Gasteiger partial charge in [-0.3, -0.25) is 14.2 Å². The summed E-state index contributed by atoms with van der Waals surface area (Å²) < 4.78 is 41.1. The molecule has 2 amide bonds. The summed E-state index contributed by atoms with van der Waals surface area (Å²) in [5, 5.41) is 14.2. The van der Waals surface area contributed by atoms with Gasteiger partial charge < -0.3 is 30.5 Å². The molecule has 0 radical (unpaired) electrons. The molecule has 13 heteroatoms. The minimum atomic E-state index is -2.82. The van der Waals surface area contributed by atoms with Gasteiger partial charge in [0.1, 0.15) is 17.7 Å². The number of aromatic nitrogens is 2. The van der Waals surface area contributed by atoms with Gasteiger partial charge in [-0.2, -0.15) is 0 Å². The molecule has 49 heavy (non-hydrogen) atoms. The van der Waals surface area contributed by atoms with E-state index in [1.165, 1.54) is 10.9 Å². The third-order valence-electron chi connectivity index (χ3n) is 9.20. The monoisotopic (exact) mass is 681 g/mol. The summed E-state index contributed by atoms with van der Waals surface area (Å²) in [7, 11) is 0. The Kier molecular flexibility index (Phi) is 10.3. The third kappa shape index (κ3) is 8.94. The summed E-state index contributed by atoms with van der Waals surface area (Å²) in [4.78, 5) is 44.8. The van der Waals surface area contributed by atoms with Crippen molar-refractivity contribution in [1.29, 1.82) is 0 Å². The lowest BCUT2D eigenvalue weighted by Crippen LogP contribution is -2.52. The van der Waals surface area contributed by atoms with E-state index in [1.807, 2.05) is 13.0 Å². The Labute approximate surface area is 284 Å². The Balaban J connectivity index is 1.18. The number of anilines is 1. The van der Waals surface area contributed by atoms with Crippen LogP contribution in [0.1, 0.15) is 82.9 Å². The van der Waals surface area contributed by atoms with E-state index in [1.54, 1.807) is 74.2 Å². The molecule has 11 nitrogen and oxygen atoms in total. The number of carbonyl (C=O) groups excluding carboxylic acids is 2. The molecule has 264 valence electrons. The molecule has 5 rings (SSSR count). The lowest BCUT2D eigenvalue weighted by Gasteiger charge is -2.42. The fourth-order valence-electron chi connectivity index (χ4n) is 6.52. The van der Waals surface area contributed by atoms with E-state index >= 15 is 0 Å². The number of alkyl halides is 2. The third-order valence-corrected chi connectivity index (χ3v) is 9.20. The van der Waals surface area contributed by atoms with E-state index in [0.717, 1.165) is 11.1 Å². The molecule has 1 saturated carbocycles. The molecule has 0 spiro atoms. The van der Waals surface area contributed by atoms with Crippen LogP contribution in [0.25, 0.3) is 0 Å². The second kappa shape index (κ2) is 14.1. The number of halogens is 2. The number of nitrogens with one attached hydrogen (secondary N) is 1. The highest BCUT2D eigenvalue weighted by Crippen LogP contribution is 2.46. The second-order valence-electron chi connectivity index (χ2n) is 14.2. The average molecular weight is 682 g/mol. The van der Waals surface area contributed by atoms with Crippen molar-refractivity contribution in [2.24, 2.45) is 5.92 Å². The molecule has 1 aromatic heterocycles. The van der Waals surface area contributed by atoms with Gasteiger partial charge in [0.25, 0.3) is 5.56 Å². The minimum Gasteiger partial charge on any atom is -0.444 e. The Morgan fingerprint density at radius 2 is 1.73 bits per heavy atom. The molecular weight excluding hydrogens is 636 g/mol. The van der Waals surface area contributed by atoms with Gasteiger partial charge in [0.05, 0.1) is 18.2 Å². The van der Waals surface area contributed by atoms with Gasteiger partial charge in [-0.15, -0.1) is 0 Å². The molecular formula is C36H45F2N5O6. The molecule has 2 heterocycles. The van der Waals surface area contributed by atoms with Crippen molar-refractivity contribution in [3.05, 3.63) is 82.4 Å². The van der Waals surface area contributed by atoms with Crippen molar-refractivity contribution in [2.75, 3.05) is 18.8 Å². The van der Waals surface area contributed by atoms with Crippen LogP contribution in [0, 0.1) is 5.92 Å².